The van der Waals surface area contributed by atoms with E-state index in [1.807, 2.05) is 44.2 Å². The van der Waals surface area contributed by atoms with Gasteiger partial charge in [0, 0.05) is 18.4 Å². The van der Waals surface area contributed by atoms with Crippen molar-refractivity contribution in [1.82, 2.24) is 14.7 Å². The molecule has 0 aliphatic heterocycles. The SMILES string of the molecule is Cc1ccc(NC(=O)c2nc(C(=O)NCCC(C)C)c3ccccn23)c(C)c1. The fourth-order valence-corrected chi connectivity index (χ4v) is 3.06. The second-order valence-corrected chi connectivity index (χ2v) is 7.45. The molecule has 6 nitrogen and oxygen atoms in total. The maximum atomic E-state index is 12.9. The van der Waals surface area contributed by atoms with E-state index in [4.69, 9.17) is 0 Å². The van der Waals surface area contributed by atoms with Gasteiger partial charge in [-0.05, 0) is 49.9 Å². The Balaban J connectivity index is 1.89. The summed E-state index contributed by atoms with van der Waals surface area (Å²) in [6.45, 7) is 8.73. The van der Waals surface area contributed by atoms with E-state index < -0.39 is 0 Å². The van der Waals surface area contributed by atoms with Crippen LogP contribution in [0.15, 0.2) is 42.6 Å². The number of aromatic nitrogens is 2. The molecule has 3 rings (SSSR count). The van der Waals surface area contributed by atoms with Crippen LogP contribution in [0.2, 0.25) is 0 Å². The molecule has 0 atom stereocenters. The van der Waals surface area contributed by atoms with Crippen molar-refractivity contribution in [3.63, 3.8) is 0 Å². The third-order valence-electron chi connectivity index (χ3n) is 4.60. The molecule has 2 heterocycles. The van der Waals surface area contributed by atoms with Crippen molar-refractivity contribution in [2.75, 3.05) is 11.9 Å². The molecule has 28 heavy (non-hydrogen) atoms. The van der Waals surface area contributed by atoms with Gasteiger partial charge in [0.2, 0.25) is 5.82 Å². The van der Waals surface area contributed by atoms with E-state index in [2.05, 4.69) is 29.5 Å². The predicted octanol–water partition coefficient (Wildman–Crippen LogP) is 3.98. The summed E-state index contributed by atoms with van der Waals surface area (Å²) in [5, 5.41) is 5.80. The second-order valence-electron chi connectivity index (χ2n) is 7.45. The van der Waals surface area contributed by atoms with E-state index in [1.165, 1.54) is 0 Å². The summed E-state index contributed by atoms with van der Waals surface area (Å²) >= 11 is 0. The quantitative estimate of drug-likeness (QED) is 0.681. The summed E-state index contributed by atoms with van der Waals surface area (Å²) in [5.41, 5.74) is 3.69. The molecule has 6 heteroatoms. The first-order chi connectivity index (χ1) is 13.4. The van der Waals surface area contributed by atoms with E-state index in [1.54, 1.807) is 16.7 Å². The molecule has 0 spiro atoms. The Bertz CT molecular complexity index is 1020. The molecule has 0 radical (unpaired) electrons. The van der Waals surface area contributed by atoms with E-state index in [-0.39, 0.29) is 23.3 Å². The van der Waals surface area contributed by atoms with Crippen LogP contribution in [0.5, 0.6) is 0 Å². The summed E-state index contributed by atoms with van der Waals surface area (Å²) in [6.07, 6.45) is 2.63. The lowest BCUT2D eigenvalue weighted by Gasteiger charge is -2.08. The number of pyridine rings is 1. The van der Waals surface area contributed by atoms with Crippen LogP contribution < -0.4 is 10.6 Å². The number of hydrogen-bond acceptors (Lipinski definition) is 3. The van der Waals surface area contributed by atoms with Gasteiger partial charge in [0.1, 0.15) is 0 Å². The molecule has 0 fully saturated rings. The molecular formula is C22H26N4O2. The van der Waals surface area contributed by atoms with Gasteiger partial charge < -0.3 is 10.6 Å². The van der Waals surface area contributed by atoms with Crippen LogP contribution >= 0.6 is 0 Å². The number of nitrogens with one attached hydrogen (secondary N) is 2. The summed E-state index contributed by atoms with van der Waals surface area (Å²) < 4.78 is 1.65. The number of anilines is 1. The first-order valence-electron chi connectivity index (χ1n) is 9.50. The normalized spacial score (nSPS) is 11.0. The molecule has 0 unspecified atom stereocenters. The third kappa shape index (κ3) is 4.22. The maximum absolute atomic E-state index is 12.9. The highest BCUT2D eigenvalue weighted by Crippen LogP contribution is 2.19. The van der Waals surface area contributed by atoms with Gasteiger partial charge in [0.15, 0.2) is 5.69 Å². The van der Waals surface area contributed by atoms with Crippen molar-refractivity contribution in [2.24, 2.45) is 5.92 Å². The number of amides is 2. The monoisotopic (exact) mass is 378 g/mol. The maximum Gasteiger partial charge on any atom is 0.292 e. The fraction of sp³-hybridized carbons (Fsp3) is 0.318. The minimum absolute atomic E-state index is 0.185. The average Bonchev–Trinajstić information content (AvgIpc) is 3.03. The predicted molar refractivity (Wildman–Crippen MR) is 111 cm³/mol. The molecule has 0 aliphatic carbocycles. The highest BCUT2D eigenvalue weighted by atomic mass is 16.2. The Kier molecular flexibility index (Phi) is 5.78. The highest BCUT2D eigenvalue weighted by Gasteiger charge is 2.21. The number of imidazole rings is 1. The molecule has 0 aliphatic rings. The molecular weight excluding hydrogens is 352 g/mol. The number of hydrogen-bond donors (Lipinski definition) is 2. The van der Waals surface area contributed by atoms with Gasteiger partial charge in [-0.2, -0.15) is 0 Å². The number of nitrogens with zero attached hydrogens (tertiary/aromatic N) is 2. The van der Waals surface area contributed by atoms with Gasteiger partial charge in [0.05, 0.1) is 5.52 Å². The van der Waals surface area contributed by atoms with Crippen molar-refractivity contribution in [1.29, 1.82) is 0 Å². The molecule has 1 aromatic carbocycles. The van der Waals surface area contributed by atoms with Crippen molar-refractivity contribution in [3.05, 3.63) is 65.2 Å². The third-order valence-corrected chi connectivity index (χ3v) is 4.60. The summed E-state index contributed by atoms with van der Waals surface area (Å²) in [6, 6.07) is 11.2. The first kappa shape index (κ1) is 19.6. The number of aryl methyl sites for hydroxylation is 2. The van der Waals surface area contributed by atoms with Crippen LogP contribution in [0.4, 0.5) is 5.69 Å². The minimum Gasteiger partial charge on any atom is -0.351 e. The van der Waals surface area contributed by atoms with E-state index in [0.717, 1.165) is 23.2 Å². The molecule has 146 valence electrons. The van der Waals surface area contributed by atoms with Gasteiger partial charge in [-0.3, -0.25) is 14.0 Å². The lowest BCUT2D eigenvalue weighted by atomic mass is 10.1. The van der Waals surface area contributed by atoms with Gasteiger partial charge in [-0.25, -0.2) is 4.98 Å². The molecule has 3 aromatic rings. The fourth-order valence-electron chi connectivity index (χ4n) is 3.06. The molecule has 2 aromatic heterocycles. The summed E-state index contributed by atoms with van der Waals surface area (Å²) in [5.74, 6) is 0.0620. The Morgan fingerprint density at radius 3 is 2.61 bits per heavy atom. The van der Waals surface area contributed by atoms with Crippen molar-refractivity contribution in [2.45, 2.75) is 34.1 Å². The topological polar surface area (TPSA) is 75.5 Å². The zero-order valence-electron chi connectivity index (χ0n) is 16.7. The van der Waals surface area contributed by atoms with Crippen LogP contribution in [0.3, 0.4) is 0 Å². The van der Waals surface area contributed by atoms with Gasteiger partial charge in [-0.1, -0.05) is 37.6 Å². The van der Waals surface area contributed by atoms with Crippen LogP contribution in [0.1, 0.15) is 52.5 Å². The van der Waals surface area contributed by atoms with Gasteiger partial charge >= 0.3 is 0 Å². The number of benzene rings is 1. The average molecular weight is 378 g/mol. The number of fused-ring (bicyclic) bond motifs is 1. The zero-order chi connectivity index (χ0) is 20.3. The van der Waals surface area contributed by atoms with Crippen LogP contribution in [0, 0.1) is 19.8 Å². The highest BCUT2D eigenvalue weighted by molar-refractivity contribution is 6.06. The van der Waals surface area contributed by atoms with Crippen LogP contribution in [-0.4, -0.2) is 27.7 Å². The van der Waals surface area contributed by atoms with Crippen molar-refractivity contribution < 1.29 is 9.59 Å². The van der Waals surface area contributed by atoms with Gasteiger partial charge in [-0.15, -0.1) is 0 Å². The van der Waals surface area contributed by atoms with Crippen LogP contribution in [-0.2, 0) is 0 Å². The van der Waals surface area contributed by atoms with Crippen molar-refractivity contribution >= 4 is 23.0 Å². The molecule has 2 N–H and O–H groups in total. The summed E-state index contributed by atoms with van der Waals surface area (Å²) in [4.78, 5) is 29.9. The second kappa shape index (κ2) is 8.25. The van der Waals surface area contributed by atoms with E-state index >= 15 is 0 Å². The minimum atomic E-state index is -0.352. The lowest BCUT2D eigenvalue weighted by Crippen LogP contribution is -2.26. The number of rotatable bonds is 6. The lowest BCUT2D eigenvalue weighted by molar-refractivity contribution is 0.0949. The Morgan fingerprint density at radius 2 is 1.89 bits per heavy atom. The smallest absolute Gasteiger partial charge is 0.292 e. The Labute approximate surface area is 165 Å². The van der Waals surface area contributed by atoms with E-state index in [0.29, 0.717) is 18.0 Å². The molecule has 0 saturated carbocycles. The number of carbonyl (C=O) groups is 2. The summed E-state index contributed by atoms with van der Waals surface area (Å²) in [7, 11) is 0. The van der Waals surface area contributed by atoms with Crippen LogP contribution in [0.25, 0.3) is 5.52 Å². The molecule has 0 saturated heterocycles. The Hall–Kier alpha value is -3.15. The standard InChI is InChI=1S/C22H26N4O2/c1-14(2)10-11-23-21(27)19-18-7-5-6-12-26(18)20(25-19)22(28)24-17-9-8-15(3)13-16(17)4/h5-9,12-14H,10-11H2,1-4H3,(H,23,27)(H,24,28). The molecule has 0 bridgehead atoms. The van der Waals surface area contributed by atoms with E-state index in [9.17, 15) is 9.59 Å². The first-order valence-corrected chi connectivity index (χ1v) is 9.50. The Morgan fingerprint density at radius 1 is 1.11 bits per heavy atom. The molecule has 2 amide bonds. The van der Waals surface area contributed by atoms with Gasteiger partial charge in [0.25, 0.3) is 11.8 Å². The zero-order valence-corrected chi connectivity index (χ0v) is 16.7. The van der Waals surface area contributed by atoms with Crippen molar-refractivity contribution in [3.8, 4) is 0 Å². The largest absolute Gasteiger partial charge is 0.351 e. The number of carbonyl (C=O) groups excluding carboxylic acids is 2.